The minimum absolute atomic E-state index is 0. The van der Waals surface area contributed by atoms with E-state index in [9.17, 15) is 19.2 Å². The quantitative estimate of drug-likeness (QED) is 0.0546. The van der Waals surface area contributed by atoms with Crippen molar-refractivity contribution in [2.75, 3.05) is 174 Å². The summed E-state index contributed by atoms with van der Waals surface area (Å²) < 4.78 is 3.58. The summed E-state index contributed by atoms with van der Waals surface area (Å²) >= 11 is 0. The highest BCUT2D eigenvalue weighted by molar-refractivity contribution is 5.77. The molecule has 0 saturated carbocycles. The van der Waals surface area contributed by atoms with E-state index in [1.807, 2.05) is 0 Å². The Morgan fingerprint density at radius 3 is 0.521 bits per heavy atom. The number of nitrogens with one attached hydrogen (secondary N) is 4. The molecule has 0 heterocycles. The molecule has 4 amide bonds. The van der Waals surface area contributed by atoms with E-state index in [0.29, 0.717) is 91.1 Å². The van der Waals surface area contributed by atoms with E-state index in [1.54, 1.807) is 0 Å². The zero-order valence-corrected chi connectivity index (χ0v) is 72.0. The van der Waals surface area contributed by atoms with Crippen molar-refractivity contribution in [2.45, 2.75) is 310 Å². The molecule has 96 heavy (non-hydrogen) atoms. The number of halogens is 4. The number of hydrogen-bond donors (Lipinski definition) is 4. The van der Waals surface area contributed by atoms with Crippen molar-refractivity contribution in [3.8, 4) is 0 Å². The summed E-state index contributed by atoms with van der Waals surface area (Å²) in [6, 6.07) is 0. The molecule has 0 aliphatic rings. The van der Waals surface area contributed by atoms with Crippen molar-refractivity contribution in [2.24, 2.45) is 0 Å². The van der Waals surface area contributed by atoms with E-state index in [1.165, 1.54) is 257 Å². The summed E-state index contributed by atoms with van der Waals surface area (Å²) in [5, 5.41) is 13.0. The molecule has 14 nitrogen and oxygen atoms in total. The van der Waals surface area contributed by atoms with E-state index in [4.69, 9.17) is 0 Å². The number of nitrogens with zero attached hydrogens (tertiary/aromatic N) is 6. The Bertz CT molecular complexity index is 1480. The smallest absolute Gasteiger partial charge is 0.221 e. The van der Waals surface area contributed by atoms with Crippen molar-refractivity contribution in [3.05, 3.63) is 0 Å². The summed E-state index contributed by atoms with van der Waals surface area (Å²) in [5.74, 6) is 0.173. The van der Waals surface area contributed by atoms with Crippen LogP contribution in [0.25, 0.3) is 0 Å². The molecule has 0 bridgehead atoms. The number of carbonyl (C=O) groups is 4. The van der Waals surface area contributed by atoms with Crippen molar-refractivity contribution in [1.29, 1.82) is 0 Å². The SMILES string of the molecule is CCCCCCCCCCCC[N+](C)(C)CCNC(=O)CCN(CCC(=O)NCC[N+](C)(C)CCCCCCCCCCCC)CCN(CCC(=O)NCC[N+](C)(C)CCCCCCCCCCCC)CCC(=O)NCC[N+](C)(C)CCCCCCCCCCCC.[Br-].[Br-].[Br-].[Br-]. The number of carbonyl (C=O) groups excluding carboxylic acids is 4. The average molecular weight is 1630 g/mol. The van der Waals surface area contributed by atoms with Crippen LogP contribution in [0.1, 0.15) is 310 Å². The maximum Gasteiger partial charge on any atom is 0.221 e. The third-order valence-electron chi connectivity index (χ3n) is 20.0. The van der Waals surface area contributed by atoms with Crippen LogP contribution < -0.4 is 89.2 Å². The molecule has 0 atom stereocenters. The fourth-order valence-electron chi connectivity index (χ4n) is 12.9. The summed E-state index contributed by atoms with van der Waals surface area (Å²) in [6.07, 6.45) is 54.7. The van der Waals surface area contributed by atoms with Gasteiger partial charge in [-0.2, -0.15) is 0 Å². The largest absolute Gasteiger partial charge is 1.00 e. The van der Waals surface area contributed by atoms with E-state index < -0.39 is 0 Å². The van der Waals surface area contributed by atoms with Gasteiger partial charge >= 0.3 is 0 Å². The van der Waals surface area contributed by atoms with Gasteiger partial charge in [-0.25, -0.2) is 0 Å². The van der Waals surface area contributed by atoms with Crippen LogP contribution in [0.3, 0.4) is 0 Å². The fourth-order valence-corrected chi connectivity index (χ4v) is 12.9. The second-order valence-corrected chi connectivity index (χ2v) is 31.3. The Hall–Kier alpha value is -0.440. The number of unbranched alkanes of at least 4 members (excludes halogenated alkanes) is 36. The fraction of sp³-hybridized carbons (Fsp3) is 0.949. The lowest BCUT2D eigenvalue weighted by atomic mass is 10.1. The Labute approximate surface area is 639 Å². The van der Waals surface area contributed by atoms with E-state index in [0.717, 1.165) is 70.3 Å². The molecular formula is C78H164Br4N10O4. The molecule has 0 aliphatic carbocycles. The zero-order valence-electron chi connectivity index (χ0n) is 65.7. The van der Waals surface area contributed by atoms with Gasteiger partial charge in [0.15, 0.2) is 0 Å². The van der Waals surface area contributed by atoms with E-state index in [2.05, 4.69) is 115 Å². The lowest BCUT2D eigenvalue weighted by molar-refractivity contribution is -0.889. The van der Waals surface area contributed by atoms with Crippen LogP contribution in [-0.2, 0) is 19.2 Å². The molecule has 0 aromatic carbocycles. The summed E-state index contributed by atoms with van der Waals surface area (Å²) in [4.78, 5) is 58.8. The molecule has 0 radical (unpaired) electrons. The monoisotopic (exact) mass is 1620 g/mol. The molecule has 0 aromatic heterocycles. The second-order valence-electron chi connectivity index (χ2n) is 31.3. The van der Waals surface area contributed by atoms with Crippen molar-refractivity contribution < 1.29 is 105 Å². The summed E-state index contributed by atoms with van der Waals surface area (Å²) in [5.41, 5.74) is 0. The van der Waals surface area contributed by atoms with Crippen LogP contribution in [0.5, 0.6) is 0 Å². The highest BCUT2D eigenvalue weighted by atomic mass is 79.9. The van der Waals surface area contributed by atoms with Crippen molar-refractivity contribution in [1.82, 2.24) is 31.1 Å². The minimum atomic E-state index is 0. The first-order chi connectivity index (χ1) is 44.2. The predicted octanol–water partition coefficient (Wildman–Crippen LogP) is 3.62. The number of likely N-dealkylation sites (N-methyl/N-ethyl adjacent to an activating group) is 4. The minimum Gasteiger partial charge on any atom is -1.00 e. The molecule has 578 valence electrons. The summed E-state index contributed by atoms with van der Waals surface area (Å²) in [7, 11) is 18.3. The first-order valence-electron chi connectivity index (χ1n) is 40.0. The van der Waals surface area contributed by atoms with Gasteiger partial charge in [0, 0.05) is 65.0 Å². The van der Waals surface area contributed by atoms with Crippen LogP contribution in [-0.4, -0.2) is 226 Å². The number of hydrogen-bond acceptors (Lipinski definition) is 6. The molecule has 0 spiro atoms. The molecule has 0 aliphatic heterocycles. The van der Waals surface area contributed by atoms with Gasteiger partial charge in [-0.05, 0) is 51.4 Å². The number of rotatable bonds is 71. The van der Waals surface area contributed by atoms with Gasteiger partial charge in [-0.15, -0.1) is 0 Å². The summed E-state index contributed by atoms with van der Waals surface area (Å²) in [6.45, 7) is 23.1. The zero-order chi connectivity index (χ0) is 68.1. The normalized spacial score (nSPS) is 11.9. The van der Waals surface area contributed by atoms with Gasteiger partial charge in [0.1, 0.15) is 0 Å². The average Bonchev–Trinajstić information content (AvgIpc) is 1.53. The molecular weight excluding hydrogens is 1460 g/mol. The van der Waals surface area contributed by atoms with Gasteiger partial charge in [0.25, 0.3) is 0 Å². The highest BCUT2D eigenvalue weighted by Crippen LogP contribution is 2.16. The van der Waals surface area contributed by atoms with Gasteiger partial charge in [0.2, 0.25) is 23.6 Å². The maximum absolute atomic E-state index is 13.6. The molecule has 0 saturated heterocycles. The Balaban J connectivity index is -0.00000690. The van der Waals surface area contributed by atoms with Crippen molar-refractivity contribution in [3.63, 3.8) is 0 Å². The molecule has 0 aromatic rings. The lowest BCUT2D eigenvalue weighted by Crippen LogP contribution is -3.00. The molecule has 18 heteroatoms. The van der Waals surface area contributed by atoms with Crippen LogP contribution in [0.4, 0.5) is 0 Å². The van der Waals surface area contributed by atoms with Gasteiger partial charge < -0.3 is 117 Å². The molecule has 4 N–H and O–H groups in total. The Kier molecular flexibility index (Phi) is 77.6. The first-order valence-corrected chi connectivity index (χ1v) is 40.0. The van der Waals surface area contributed by atoms with Crippen LogP contribution in [0, 0.1) is 0 Å². The number of amides is 4. The number of quaternary nitrogens is 4. The van der Waals surface area contributed by atoms with Crippen LogP contribution >= 0.6 is 0 Å². The van der Waals surface area contributed by atoms with Crippen LogP contribution in [0.2, 0.25) is 0 Å². The maximum atomic E-state index is 13.6. The second kappa shape index (κ2) is 71.5. The molecule has 0 unspecified atom stereocenters. The Morgan fingerprint density at radius 2 is 0.365 bits per heavy atom. The van der Waals surface area contributed by atoms with Crippen molar-refractivity contribution >= 4 is 23.6 Å². The Morgan fingerprint density at radius 1 is 0.219 bits per heavy atom. The third-order valence-corrected chi connectivity index (χ3v) is 20.0. The van der Waals surface area contributed by atoms with E-state index >= 15 is 0 Å². The third kappa shape index (κ3) is 73.3. The van der Waals surface area contributed by atoms with Gasteiger partial charge in [-0.3, -0.25) is 19.2 Å². The van der Waals surface area contributed by atoms with Gasteiger partial charge in [0.05, 0.1) is 135 Å². The highest BCUT2D eigenvalue weighted by Gasteiger charge is 2.21. The standard InChI is InChI=1S/C78H160N10O4.4BrH/c1-13-17-21-25-29-33-37-41-45-49-67-85(5,6)71-57-79-75(89)53-61-83(62-54-76(90)80-58-72-86(7,8)68-50-46-42-38-34-30-26-22-18-14-2)65-66-84(63-55-77(91)81-59-73-87(9,10)69-51-47-43-39-35-31-27-23-19-15-3)64-56-78(92)82-60-74-88(11,12)70-52-48-44-40-36-32-28-24-20-16-4;;;;/h13-74H2,1-12H3;4*1H. The van der Waals surface area contributed by atoms with E-state index in [-0.39, 0.29) is 91.6 Å². The molecule has 0 fully saturated rings. The topological polar surface area (TPSA) is 123 Å². The molecule has 0 rings (SSSR count). The predicted molar refractivity (Wildman–Crippen MR) is 398 cm³/mol. The first kappa shape index (κ1) is 104. The van der Waals surface area contributed by atoms with Gasteiger partial charge in [-0.1, -0.05) is 233 Å². The van der Waals surface area contributed by atoms with Crippen LogP contribution in [0.15, 0.2) is 0 Å². The lowest BCUT2D eigenvalue weighted by Gasteiger charge is -2.30.